The average molecular weight is 295 g/mol. The van der Waals surface area contributed by atoms with Crippen molar-refractivity contribution in [3.05, 3.63) is 71.3 Å². The van der Waals surface area contributed by atoms with Crippen LogP contribution in [0.5, 0.6) is 0 Å². The highest BCUT2D eigenvalue weighted by atomic mass is 16.1. The van der Waals surface area contributed by atoms with Crippen molar-refractivity contribution in [2.45, 2.75) is 44.9 Å². The summed E-state index contributed by atoms with van der Waals surface area (Å²) in [5.74, 6) is -0.478. The molecule has 2 aromatic carbocycles. The SMILES string of the molecule is CC(C)(C)c1ccc([C@H](CCc2ccccc2)C(N)=O)cc1. The van der Waals surface area contributed by atoms with E-state index >= 15 is 0 Å². The molecule has 2 rings (SSSR count). The predicted molar refractivity (Wildman–Crippen MR) is 91.8 cm³/mol. The van der Waals surface area contributed by atoms with Gasteiger partial charge in [0.25, 0.3) is 0 Å². The van der Waals surface area contributed by atoms with Crippen LogP contribution >= 0.6 is 0 Å². The fraction of sp³-hybridized carbons (Fsp3) is 0.350. The summed E-state index contributed by atoms with van der Waals surface area (Å²) in [7, 11) is 0. The first-order valence-electron chi connectivity index (χ1n) is 7.81. The minimum atomic E-state index is -0.251. The molecular formula is C20H25NO. The van der Waals surface area contributed by atoms with E-state index in [0.29, 0.717) is 0 Å². The third kappa shape index (κ3) is 4.20. The first kappa shape index (κ1) is 16.3. The third-order valence-electron chi connectivity index (χ3n) is 4.09. The Bertz CT molecular complexity index is 608. The van der Waals surface area contributed by atoms with Crippen LogP contribution in [0, 0.1) is 0 Å². The van der Waals surface area contributed by atoms with Crippen molar-refractivity contribution < 1.29 is 4.79 Å². The van der Waals surface area contributed by atoms with Crippen molar-refractivity contribution in [2.75, 3.05) is 0 Å². The van der Waals surface area contributed by atoms with Crippen LogP contribution in [-0.2, 0) is 16.6 Å². The van der Waals surface area contributed by atoms with Crippen molar-refractivity contribution in [2.24, 2.45) is 5.73 Å². The zero-order valence-electron chi connectivity index (χ0n) is 13.7. The number of carbonyl (C=O) groups is 1. The lowest BCUT2D eigenvalue weighted by Crippen LogP contribution is -2.22. The highest BCUT2D eigenvalue weighted by Gasteiger charge is 2.19. The van der Waals surface area contributed by atoms with Crippen molar-refractivity contribution in [1.82, 2.24) is 0 Å². The van der Waals surface area contributed by atoms with Gasteiger partial charge in [0.2, 0.25) is 5.91 Å². The van der Waals surface area contributed by atoms with Gasteiger partial charge < -0.3 is 5.73 Å². The average Bonchev–Trinajstić information content (AvgIpc) is 2.48. The standard InChI is InChI=1S/C20H25NO/c1-20(2,3)17-12-10-16(11-13-17)18(19(21)22)14-9-15-7-5-4-6-8-15/h4-8,10-13,18H,9,14H2,1-3H3,(H2,21,22)/t18-/m0/s1. The largest absolute Gasteiger partial charge is 0.369 e. The molecule has 2 heteroatoms. The lowest BCUT2D eigenvalue weighted by molar-refractivity contribution is -0.119. The third-order valence-corrected chi connectivity index (χ3v) is 4.09. The van der Waals surface area contributed by atoms with Gasteiger partial charge in [0.1, 0.15) is 0 Å². The molecule has 0 aromatic heterocycles. The van der Waals surface area contributed by atoms with Crippen LogP contribution in [0.25, 0.3) is 0 Å². The smallest absolute Gasteiger partial charge is 0.224 e. The molecule has 1 atom stereocenters. The van der Waals surface area contributed by atoms with E-state index in [1.165, 1.54) is 11.1 Å². The molecule has 2 nitrogen and oxygen atoms in total. The molecule has 0 saturated carbocycles. The molecule has 0 heterocycles. The Morgan fingerprint density at radius 1 is 1.00 bits per heavy atom. The Balaban J connectivity index is 2.13. The van der Waals surface area contributed by atoms with Crippen molar-refractivity contribution in [1.29, 1.82) is 0 Å². The highest BCUT2D eigenvalue weighted by molar-refractivity contribution is 5.81. The number of rotatable bonds is 5. The summed E-state index contributed by atoms with van der Waals surface area (Å²) in [6.45, 7) is 6.55. The molecule has 1 amide bonds. The van der Waals surface area contributed by atoms with E-state index in [2.05, 4.69) is 45.0 Å². The molecule has 22 heavy (non-hydrogen) atoms. The van der Waals surface area contributed by atoms with Gasteiger partial charge >= 0.3 is 0 Å². The van der Waals surface area contributed by atoms with Crippen molar-refractivity contribution in [3.63, 3.8) is 0 Å². The molecule has 0 aliphatic heterocycles. The summed E-state index contributed by atoms with van der Waals surface area (Å²) in [6, 6.07) is 18.5. The first-order chi connectivity index (χ1) is 10.4. The van der Waals surface area contributed by atoms with E-state index in [1.54, 1.807) is 0 Å². The Morgan fingerprint density at radius 3 is 2.09 bits per heavy atom. The van der Waals surface area contributed by atoms with Gasteiger partial charge in [0.05, 0.1) is 5.92 Å². The molecule has 0 radical (unpaired) electrons. The maximum absolute atomic E-state index is 11.8. The van der Waals surface area contributed by atoms with Gasteiger partial charge in [-0.05, 0) is 34.9 Å². The second kappa shape index (κ2) is 6.78. The van der Waals surface area contributed by atoms with Crippen molar-refractivity contribution in [3.8, 4) is 0 Å². The first-order valence-corrected chi connectivity index (χ1v) is 7.81. The van der Waals surface area contributed by atoms with Gasteiger partial charge in [-0.2, -0.15) is 0 Å². The number of hydrogen-bond acceptors (Lipinski definition) is 1. The van der Waals surface area contributed by atoms with Crippen molar-refractivity contribution >= 4 is 5.91 Å². The monoisotopic (exact) mass is 295 g/mol. The Hall–Kier alpha value is -2.09. The summed E-state index contributed by atoms with van der Waals surface area (Å²) in [5, 5.41) is 0. The molecular weight excluding hydrogens is 270 g/mol. The number of amides is 1. The van der Waals surface area contributed by atoms with Gasteiger partial charge in [-0.3, -0.25) is 4.79 Å². The zero-order valence-corrected chi connectivity index (χ0v) is 13.7. The molecule has 2 aromatic rings. The maximum atomic E-state index is 11.8. The summed E-state index contributed by atoms with van der Waals surface area (Å²) >= 11 is 0. The molecule has 0 saturated heterocycles. The van der Waals surface area contributed by atoms with E-state index in [1.807, 2.05) is 30.3 Å². The number of primary amides is 1. The van der Waals surface area contributed by atoms with Crippen LogP contribution in [0.2, 0.25) is 0 Å². The van der Waals surface area contributed by atoms with Crippen LogP contribution in [0.3, 0.4) is 0 Å². The van der Waals surface area contributed by atoms with E-state index in [-0.39, 0.29) is 17.2 Å². The normalized spacial score (nSPS) is 12.9. The summed E-state index contributed by atoms with van der Waals surface area (Å²) < 4.78 is 0. The topological polar surface area (TPSA) is 43.1 Å². The summed E-state index contributed by atoms with van der Waals surface area (Å²) in [6.07, 6.45) is 1.60. The number of aryl methyl sites for hydroxylation is 1. The fourth-order valence-electron chi connectivity index (χ4n) is 2.64. The Morgan fingerprint density at radius 2 is 1.59 bits per heavy atom. The van der Waals surface area contributed by atoms with Gasteiger partial charge in [-0.25, -0.2) is 0 Å². The van der Waals surface area contributed by atoms with Gasteiger partial charge in [0, 0.05) is 0 Å². The molecule has 0 unspecified atom stereocenters. The number of hydrogen-bond donors (Lipinski definition) is 1. The van der Waals surface area contributed by atoms with Crippen LogP contribution < -0.4 is 5.73 Å². The minimum absolute atomic E-state index is 0.116. The molecule has 0 aliphatic rings. The summed E-state index contributed by atoms with van der Waals surface area (Å²) in [4.78, 5) is 11.8. The Labute approximate surface area is 133 Å². The van der Waals surface area contributed by atoms with E-state index < -0.39 is 0 Å². The molecule has 0 fully saturated rings. The minimum Gasteiger partial charge on any atom is -0.369 e. The zero-order chi connectivity index (χ0) is 16.2. The van der Waals surface area contributed by atoms with Gasteiger partial charge in [-0.1, -0.05) is 75.4 Å². The highest BCUT2D eigenvalue weighted by Crippen LogP contribution is 2.26. The molecule has 2 N–H and O–H groups in total. The second-order valence-electron chi connectivity index (χ2n) is 6.85. The lowest BCUT2D eigenvalue weighted by Gasteiger charge is -2.20. The molecule has 0 aliphatic carbocycles. The lowest BCUT2D eigenvalue weighted by atomic mass is 9.84. The molecule has 116 valence electrons. The van der Waals surface area contributed by atoms with Crippen LogP contribution in [0.4, 0.5) is 0 Å². The van der Waals surface area contributed by atoms with Gasteiger partial charge in [0.15, 0.2) is 0 Å². The van der Waals surface area contributed by atoms with Crippen LogP contribution in [0.15, 0.2) is 54.6 Å². The van der Waals surface area contributed by atoms with E-state index in [9.17, 15) is 4.79 Å². The van der Waals surface area contributed by atoms with Crippen LogP contribution in [-0.4, -0.2) is 5.91 Å². The number of benzene rings is 2. The summed E-state index contributed by atoms with van der Waals surface area (Å²) in [5.41, 5.74) is 9.25. The molecule has 0 spiro atoms. The Kier molecular flexibility index (Phi) is 5.02. The quantitative estimate of drug-likeness (QED) is 0.883. The van der Waals surface area contributed by atoms with E-state index in [4.69, 9.17) is 5.73 Å². The fourth-order valence-corrected chi connectivity index (χ4v) is 2.64. The van der Waals surface area contributed by atoms with Crippen LogP contribution in [0.1, 0.15) is 49.8 Å². The number of carbonyl (C=O) groups excluding carboxylic acids is 1. The van der Waals surface area contributed by atoms with E-state index in [0.717, 1.165) is 18.4 Å². The predicted octanol–water partition coefficient (Wildman–Crippen LogP) is 4.19. The second-order valence-corrected chi connectivity index (χ2v) is 6.85. The van der Waals surface area contributed by atoms with Gasteiger partial charge in [-0.15, -0.1) is 0 Å². The molecule has 0 bridgehead atoms. The number of nitrogens with two attached hydrogens (primary N) is 1. The maximum Gasteiger partial charge on any atom is 0.224 e.